The molecule has 0 N–H and O–H groups in total. The molecule has 0 bridgehead atoms. The molecule has 138 valence electrons. The first-order valence-corrected chi connectivity index (χ1v) is 10.3. The number of ketones is 1. The highest BCUT2D eigenvalue weighted by Crippen LogP contribution is 2.45. The van der Waals surface area contributed by atoms with E-state index in [0.29, 0.717) is 27.4 Å². The van der Waals surface area contributed by atoms with Crippen LogP contribution in [-0.4, -0.2) is 19.5 Å². The van der Waals surface area contributed by atoms with E-state index in [1.54, 1.807) is 36.6 Å². The molecule has 1 aliphatic carbocycles. The highest BCUT2D eigenvalue weighted by Gasteiger charge is 2.32. The SMILES string of the molecule is COCCC1CC(C)=C(C(=O)c2cccc(Cl)c2Cl)c2ccsc2C1C. The van der Waals surface area contributed by atoms with Crippen molar-refractivity contribution in [2.75, 3.05) is 13.7 Å². The van der Waals surface area contributed by atoms with Gasteiger partial charge in [-0.1, -0.05) is 41.8 Å². The number of Topliss-reactive ketones (excluding diaryl/α,β-unsaturated/α-hetero) is 1. The molecule has 1 aliphatic rings. The van der Waals surface area contributed by atoms with Gasteiger partial charge in [-0.3, -0.25) is 4.79 Å². The van der Waals surface area contributed by atoms with Crippen molar-refractivity contribution in [3.8, 4) is 0 Å². The number of carbonyl (C=O) groups excluding carboxylic acids is 1. The lowest BCUT2D eigenvalue weighted by atomic mass is 9.86. The summed E-state index contributed by atoms with van der Waals surface area (Å²) >= 11 is 14.2. The molecule has 1 aromatic carbocycles. The van der Waals surface area contributed by atoms with Gasteiger partial charge < -0.3 is 4.74 Å². The molecule has 0 amide bonds. The maximum Gasteiger partial charge on any atom is 0.195 e. The van der Waals surface area contributed by atoms with Crippen LogP contribution < -0.4 is 0 Å². The van der Waals surface area contributed by atoms with Gasteiger partial charge in [0.25, 0.3) is 0 Å². The summed E-state index contributed by atoms with van der Waals surface area (Å²) in [6.45, 7) is 5.04. The lowest BCUT2D eigenvalue weighted by Gasteiger charge is -2.21. The molecule has 2 atom stereocenters. The molecule has 2 unspecified atom stereocenters. The molecular formula is C21H22Cl2O2S. The van der Waals surface area contributed by atoms with Crippen molar-refractivity contribution >= 4 is 45.9 Å². The van der Waals surface area contributed by atoms with Gasteiger partial charge in [0.15, 0.2) is 5.78 Å². The number of allylic oxidation sites excluding steroid dienone is 2. The van der Waals surface area contributed by atoms with Gasteiger partial charge in [0.2, 0.25) is 0 Å². The molecule has 0 spiro atoms. The zero-order valence-electron chi connectivity index (χ0n) is 15.1. The average molecular weight is 409 g/mol. The van der Waals surface area contributed by atoms with Crippen LogP contribution in [0, 0.1) is 5.92 Å². The van der Waals surface area contributed by atoms with Gasteiger partial charge in [-0.05, 0) is 60.7 Å². The predicted molar refractivity (Wildman–Crippen MR) is 111 cm³/mol. The fourth-order valence-electron chi connectivity index (χ4n) is 3.75. The largest absolute Gasteiger partial charge is 0.385 e. The van der Waals surface area contributed by atoms with Crippen LogP contribution in [0.3, 0.4) is 0 Å². The number of thiophene rings is 1. The molecule has 1 heterocycles. The fraction of sp³-hybridized carbons (Fsp3) is 0.381. The zero-order chi connectivity index (χ0) is 18.8. The van der Waals surface area contributed by atoms with E-state index in [1.165, 1.54) is 4.88 Å². The number of hydrogen-bond acceptors (Lipinski definition) is 3. The Morgan fingerprint density at radius 2 is 2.08 bits per heavy atom. The molecule has 0 radical (unpaired) electrons. The number of hydrogen-bond donors (Lipinski definition) is 0. The first-order chi connectivity index (χ1) is 12.5. The zero-order valence-corrected chi connectivity index (χ0v) is 17.5. The summed E-state index contributed by atoms with van der Waals surface area (Å²) in [7, 11) is 1.73. The van der Waals surface area contributed by atoms with E-state index in [-0.39, 0.29) is 5.78 Å². The minimum atomic E-state index is -0.0470. The van der Waals surface area contributed by atoms with E-state index in [0.717, 1.165) is 36.2 Å². The van der Waals surface area contributed by atoms with Crippen LogP contribution >= 0.6 is 34.5 Å². The lowest BCUT2D eigenvalue weighted by Crippen LogP contribution is -2.11. The summed E-state index contributed by atoms with van der Waals surface area (Å²) in [6.07, 6.45) is 1.86. The number of halogens is 2. The second-order valence-corrected chi connectivity index (χ2v) is 8.55. The number of benzene rings is 1. The van der Waals surface area contributed by atoms with Gasteiger partial charge in [-0.2, -0.15) is 0 Å². The molecule has 2 aromatic rings. The van der Waals surface area contributed by atoms with Gasteiger partial charge in [-0.25, -0.2) is 0 Å². The highest BCUT2D eigenvalue weighted by molar-refractivity contribution is 7.10. The topological polar surface area (TPSA) is 26.3 Å². The Kier molecular flexibility index (Phi) is 6.24. The van der Waals surface area contributed by atoms with Crippen LogP contribution in [0.1, 0.15) is 53.4 Å². The van der Waals surface area contributed by atoms with Crippen LogP contribution in [0.5, 0.6) is 0 Å². The Labute approximate surface area is 168 Å². The third-order valence-electron chi connectivity index (χ3n) is 5.20. The summed E-state index contributed by atoms with van der Waals surface area (Å²) in [5.41, 5.74) is 3.39. The third kappa shape index (κ3) is 3.63. The Hall–Kier alpha value is -1.13. The number of rotatable bonds is 5. The molecule has 0 aliphatic heterocycles. The molecule has 3 rings (SSSR count). The van der Waals surface area contributed by atoms with E-state index in [1.807, 2.05) is 0 Å². The summed E-state index contributed by atoms with van der Waals surface area (Å²) in [5.74, 6) is 0.789. The van der Waals surface area contributed by atoms with Crippen molar-refractivity contribution in [2.45, 2.75) is 32.6 Å². The third-order valence-corrected chi connectivity index (χ3v) is 7.13. The second-order valence-electron chi connectivity index (χ2n) is 6.82. The Bertz CT molecular complexity index is 853. The summed E-state index contributed by atoms with van der Waals surface area (Å²) < 4.78 is 5.30. The lowest BCUT2D eigenvalue weighted by molar-refractivity contribution is 0.105. The van der Waals surface area contributed by atoms with Crippen molar-refractivity contribution in [2.24, 2.45) is 5.92 Å². The van der Waals surface area contributed by atoms with E-state index in [4.69, 9.17) is 27.9 Å². The van der Waals surface area contributed by atoms with Crippen molar-refractivity contribution in [1.29, 1.82) is 0 Å². The smallest absolute Gasteiger partial charge is 0.195 e. The second kappa shape index (κ2) is 8.26. The minimum Gasteiger partial charge on any atom is -0.385 e. The van der Waals surface area contributed by atoms with Crippen molar-refractivity contribution < 1.29 is 9.53 Å². The first kappa shape index (κ1) is 19.6. The van der Waals surface area contributed by atoms with E-state index in [2.05, 4.69) is 25.3 Å². The Morgan fingerprint density at radius 3 is 2.81 bits per heavy atom. The van der Waals surface area contributed by atoms with E-state index < -0.39 is 0 Å². The highest BCUT2D eigenvalue weighted by atomic mass is 35.5. The predicted octanol–water partition coefficient (Wildman–Crippen LogP) is 6.87. The molecule has 26 heavy (non-hydrogen) atoms. The number of methoxy groups -OCH3 is 1. The van der Waals surface area contributed by atoms with Gasteiger partial charge in [0, 0.05) is 29.7 Å². The van der Waals surface area contributed by atoms with Gasteiger partial charge in [-0.15, -0.1) is 11.3 Å². The standard InChI is InChI=1S/C21H22Cl2O2S/c1-12-11-14(7-9-25-3)13(2)21-15(8-10-26-21)18(12)20(24)16-5-4-6-17(22)19(16)23/h4-6,8,10,13-14H,7,9,11H2,1-3H3. The van der Waals surface area contributed by atoms with Crippen LogP contribution in [0.4, 0.5) is 0 Å². The minimum absolute atomic E-state index is 0.0470. The van der Waals surface area contributed by atoms with Crippen molar-refractivity contribution in [3.63, 3.8) is 0 Å². The number of carbonyl (C=O) groups is 1. The maximum absolute atomic E-state index is 13.4. The summed E-state index contributed by atoms with van der Waals surface area (Å²) in [6, 6.07) is 7.28. The van der Waals surface area contributed by atoms with Crippen molar-refractivity contribution in [3.05, 3.63) is 61.3 Å². The molecular weight excluding hydrogens is 387 g/mol. The fourth-order valence-corrected chi connectivity index (χ4v) is 5.19. The molecule has 2 nitrogen and oxygen atoms in total. The van der Waals surface area contributed by atoms with Crippen LogP contribution in [0.2, 0.25) is 10.0 Å². The molecule has 0 fully saturated rings. The Balaban J connectivity index is 2.09. The molecule has 0 saturated carbocycles. The van der Waals surface area contributed by atoms with Gasteiger partial charge >= 0.3 is 0 Å². The van der Waals surface area contributed by atoms with Crippen LogP contribution in [0.25, 0.3) is 5.57 Å². The normalized spacial score (nSPS) is 20.0. The summed E-state index contributed by atoms with van der Waals surface area (Å²) in [4.78, 5) is 14.7. The van der Waals surface area contributed by atoms with E-state index >= 15 is 0 Å². The molecule has 1 aromatic heterocycles. The first-order valence-electron chi connectivity index (χ1n) is 8.70. The van der Waals surface area contributed by atoms with E-state index in [9.17, 15) is 4.79 Å². The maximum atomic E-state index is 13.4. The quantitative estimate of drug-likeness (QED) is 0.504. The van der Waals surface area contributed by atoms with Crippen LogP contribution in [-0.2, 0) is 4.74 Å². The van der Waals surface area contributed by atoms with Crippen LogP contribution in [0.15, 0.2) is 35.2 Å². The monoisotopic (exact) mass is 408 g/mol. The van der Waals surface area contributed by atoms with Crippen molar-refractivity contribution in [1.82, 2.24) is 0 Å². The number of ether oxygens (including phenoxy) is 1. The average Bonchev–Trinajstić information content (AvgIpc) is 3.06. The Morgan fingerprint density at radius 1 is 1.31 bits per heavy atom. The summed E-state index contributed by atoms with van der Waals surface area (Å²) in [5, 5.41) is 2.80. The number of fused-ring (bicyclic) bond motifs is 1. The van der Waals surface area contributed by atoms with Gasteiger partial charge in [0.05, 0.1) is 10.0 Å². The molecule has 0 saturated heterocycles. The molecule has 5 heteroatoms. The van der Waals surface area contributed by atoms with Gasteiger partial charge in [0.1, 0.15) is 0 Å².